The Morgan fingerprint density at radius 3 is 2.48 bits per heavy atom. The van der Waals surface area contributed by atoms with Crippen LogP contribution in [0.4, 0.5) is 0 Å². The Morgan fingerprint density at radius 1 is 1.19 bits per heavy atom. The molecule has 1 amide bonds. The summed E-state index contributed by atoms with van der Waals surface area (Å²) in [4.78, 5) is 16.3. The zero-order valence-electron chi connectivity index (χ0n) is 13.0. The third-order valence-electron chi connectivity index (χ3n) is 3.86. The summed E-state index contributed by atoms with van der Waals surface area (Å²) in [5, 5.41) is 3.32. The quantitative estimate of drug-likeness (QED) is 0.793. The maximum atomic E-state index is 12.1. The molecular formula is C16H25N3O2. The van der Waals surface area contributed by atoms with E-state index in [4.69, 9.17) is 4.74 Å². The number of likely N-dealkylation sites (N-methyl/N-ethyl adjacent to an activating group) is 1. The number of carbonyl (C=O) groups is 1. The number of rotatable bonds is 6. The largest absolute Gasteiger partial charge is 0.497 e. The van der Waals surface area contributed by atoms with Crippen LogP contribution in [0.1, 0.15) is 12.0 Å². The molecule has 1 aliphatic heterocycles. The van der Waals surface area contributed by atoms with Crippen molar-refractivity contribution in [2.24, 2.45) is 0 Å². The van der Waals surface area contributed by atoms with Gasteiger partial charge in [-0.2, -0.15) is 0 Å². The van der Waals surface area contributed by atoms with E-state index >= 15 is 0 Å². The fourth-order valence-corrected chi connectivity index (χ4v) is 2.39. The van der Waals surface area contributed by atoms with Gasteiger partial charge in [-0.05, 0) is 24.7 Å². The molecule has 5 nitrogen and oxygen atoms in total. The predicted molar refractivity (Wildman–Crippen MR) is 83.4 cm³/mol. The van der Waals surface area contributed by atoms with Crippen LogP contribution >= 0.6 is 0 Å². The molecule has 0 spiro atoms. The second kappa shape index (κ2) is 8.00. The summed E-state index contributed by atoms with van der Waals surface area (Å²) in [6, 6.07) is 7.97. The average Bonchev–Trinajstić information content (AvgIpc) is 2.52. The van der Waals surface area contributed by atoms with Gasteiger partial charge in [-0.25, -0.2) is 0 Å². The number of amides is 1. The van der Waals surface area contributed by atoms with Gasteiger partial charge in [0.15, 0.2) is 0 Å². The first-order valence-corrected chi connectivity index (χ1v) is 7.49. The van der Waals surface area contributed by atoms with Crippen molar-refractivity contribution in [1.29, 1.82) is 0 Å². The van der Waals surface area contributed by atoms with Crippen LogP contribution in [-0.4, -0.2) is 62.6 Å². The van der Waals surface area contributed by atoms with Gasteiger partial charge in [0.1, 0.15) is 5.75 Å². The number of nitrogens with zero attached hydrogens (tertiary/aromatic N) is 2. The van der Waals surface area contributed by atoms with Gasteiger partial charge in [0.25, 0.3) is 0 Å². The molecule has 0 atom stereocenters. The second-order valence-electron chi connectivity index (χ2n) is 5.46. The molecule has 0 unspecified atom stereocenters. The first-order valence-electron chi connectivity index (χ1n) is 7.49. The molecule has 0 aromatic heterocycles. The number of nitrogens with one attached hydrogen (secondary N) is 1. The van der Waals surface area contributed by atoms with Crippen LogP contribution in [0.2, 0.25) is 0 Å². The first kappa shape index (κ1) is 15.8. The minimum atomic E-state index is 0.255. The Balaban J connectivity index is 1.63. The van der Waals surface area contributed by atoms with E-state index in [1.807, 2.05) is 29.2 Å². The van der Waals surface area contributed by atoms with Crippen LogP contribution in [0.5, 0.6) is 5.75 Å². The highest BCUT2D eigenvalue weighted by Crippen LogP contribution is 2.10. The van der Waals surface area contributed by atoms with Gasteiger partial charge in [-0.1, -0.05) is 12.1 Å². The van der Waals surface area contributed by atoms with E-state index in [1.165, 1.54) is 5.56 Å². The van der Waals surface area contributed by atoms with Gasteiger partial charge < -0.3 is 19.9 Å². The Bertz CT molecular complexity index is 439. The summed E-state index contributed by atoms with van der Waals surface area (Å²) in [5.74, 6) is 1.12. The van der Waals surface area contributed by atoms with Gasteiger partial charge in [-0.15, -0.1) is 0 Å². The summed E-state index contributed by atoms with van der Waals surface area (Å²) < 4.78 is 5.13. The number of carbonyl (C=O) groups excluding carboxylic acids is 1. The molecule has 0 bridgehead atoms. The van der Waals surface area contributed by atoms with Crippen molar-refractivity contribution in [3.05, 3.63) is 29.8 Å². The van der Waals surface area contributed by atoms with Crippen LogP contribution in [0, 0.1) is 0 Å². The SMILES string of the molecule is COc1ccc(CNCCC(=O)N2CCN(C)CC2)cc1. The molecule has 5 heteroatoms. The van der Waals surface area contributed by atoms with E-state index in [1.54, 1.807) is 7.11 Å². The molecular weight excluding hydrogens is 266 g/mol. The lowest BCUT2D eigenvalue weighted by Gasteiger charge is -2.32. The minimum Gasteiger partial charge on any atom is -0.497 e. The van der Waals surface area contributed by atoms with E-state index in [0.29, 0.717) is 6.42 Å². The molecule has 1 aromatic carbocycles. The molecule has 1 aliphatic rings. The van der Waals surface area contributed by atoms with Gasteiger partial charge in [0.05, 0.1) is 7.11 Å². The van der Waals surface area contributed by atoms with Crippen LogP contribution in [0.25, 0.3) is 0 Å². The van der Waals surface area contributed by atoms with E-state index in [9.17, 15) is 4.79 Å². The topological polar surface area (TPSA) is 44.8 Å². The third-order valence-corrected chi connectivity index (χ3v) is 3.86. The minimum absolute atomic E-state index is 0.255. The van der Waals surface area contributed by atoms with Crippen molar-refractivity contribution in [3.8, 4) is 5.75 Å². The molecule has 0 saturated carbocycles. The summed E-state index contributed by atoms with van der Waals surface area (Å²) in [6.45, 7) is 5.16. The molecule has 21 heavy (non-hydrogen) atoms. The molecule has 0 aliphatic carbocycles. The Hall–Kier alpha value is -1.59. The lowest BCUT2D eigenvalue weighted by molar-refractivity contribution is -0.132. The molecule has 1 fully saturated rings. The zero-order chi connectivity index (χ0) is 15.1. The highest BCUT2D eigenvalue weighted by atomic mass is 16.5. The maximum absolute atomic E-state index is 12.1. The Morgan fingerprint density at radius 2 is 1.86 bits per heavy atom. The van der Waals surface area contributed by atoms with Crippen LogP contribution in [-0.2, 0) is 11.3 Å². The highest BCUT2D eigenvalue weighted by Gasteiger charge is 2.18. The fourth-order valence-electron chi connectivity index (χ4n) is 2.39. The summed E-state index contributed by atoms with van der Waals surface area (Å²) >= 11 is 0. The number of benzene rings is 1. The standard InChI is InChI=1S/C16H25N3O2/c1-18-9-11-19(12-10-18)16(20)7-8-17-13-14-3-5-15(21-2)6-4-14/h3-6,17H,7-13H2,1-2H3. The molecule has 2 rings (SSSR count). The lowest BCUT2D eigenvalue weighted by atomic mass is 10.2. The summed E-state index contributed by atoms with van der Waals surface area (Å²) in [5.41, 5.74) is 1.20. The zero-order valence-corrected chi connectivity index (χ0v) is 13.0. The monoisotopic (exact) mass is 291 g/mol. The summed E-state index contributed by atoms with van der Waals surface area (Å²) in [7, 11) is 3.76. The lowest BCUT2D eigenvalue weighted by Crippen LogP contribution is -2.47. The molecule has 116 valence electrons. The Kier molecular flexibility index (Phi) is 6.02. The molecule has 0 radical (unpaired) electrons. The highest BCUT2D eigenvalue weighted by molar-refractivity contribution is 5.76. The van der Waals surface area contributed by atoms with Crippen molar-refractivity contribution >= 4 is 5.91 Å². The first-order chi connectivity index (χ1) is 10.2. The maximum Gasteiger partial charge on any atom is 0.223 e. The van der Waals surface area contributed by atoms with E-state index in [2.05, 4.69) is 17.3 Å². The summed E-state index contributed by atoms with van der Waals surface area (Å²) in [6.07, 6.45) is 0.569. The van der Waals surface area contributed by atoms with Crippen LogP contribution in [0.3, 0.4) is 0 Å². The van der Waals surface area contributed by atoms with Crippen molar-refractivity contribution in [1.82, 2.24) is 15.1 Å². The van der Waals surface area contributed by atoms with Gasteiger partial charge in [0, 0.05) is 45.7 Å². The number of methoxy groups -OCH3 is 1. The van der Waals surface area contributed by atoms with E-state index in [-0.39, 0.29) is 5.91 Å². The smallest absolute Gasteiger partial charge is 0.223 e. The average molecular weight is 291 g/mol. The second-order valence-corrected chi connectivity index (χ2v) is 5.46. The normalized spacial score (nSPS) is 16.0. The van der Waals surface area contributed by atoms with Crippen molar-refractivity contribution in [3.63, 3.8) is 0 Å². The van der Waals surface area contributed by atoms with Crippen LogP contribution < -0.4 is 10.1 Å². The number of piperazine rings is 1. The number of hydrogen-bond donors (Lipinski definition) is 1. The number of ether oxygens (including phenoxy) is 1. The molecule has 1 N–H and O–H groups in total. The molecule has 1 heterocycles. The van der Waals surface area contributed by atoms with Crippen LogP contribution in [0.15, 0.2) is 24.3 Å². The van der Waals surface area contributed by atoms with E-state index in [0.717, 1.165) is 45.0 Å². The third kappa shape index (κ3) is 5.02. The predicted octanol–water partition coefficient (Wildman–Crippen LogP) is 0.949. The van der Waals surface area contributed by atoms with Crippen molar-refractivity contribution < 1.29 is 9.53 Å². The Labute approximate surface area is 126 Å². The van der Waals surface area contributed by atoms with E-state index < -0.39 is 0 Å². The van der Waals surface area contributed by atoms with Gasteiger partial charge in [0.2, 0.25) is 5.91 Å². The van der Waals surface area contributed by atoms with Gasteiger partial charge >= 0.3 is 0 Å². The fraction of sp³-hybridized carbons (Fsp3) is 0.562. The molecule has 1 saturated heterocycles. The number of hydrogen-bond acceptors (Lipinski definition) is 4. The van der Waals surface area contributed by atoms with Crippen molar-refractivity contribution in [2.45, 2.75) is 13.0 Å². The van der Waals surface area contributed by atoms with Gasteiger partial charge in [-0.3, -0.25) is 4.79 Å². The molecule has 1 aromatic rings. The van der Waals surface area contributed by atoms with Crippen molar-refractivity contribution in [2.75, 3.05) is 46.9 Å².